The van der Waals surface area contributed by atoms with Crippen LogP contribution in [0.2, 0.25) is 0 Å². The molecule has 0 fully saturated rings. The van der Waals surface area contributed by atoms with Crippen LogP contribution in [-0.4, -0.2) is 29.8 Å². The number of benzene rings is 1. The average Bonchev–Trinajstić information content (AvgIpc) is 3.16. The van der Waals surface area contributed by atoms with Crippen LogP contribution in [0.1, 0.15) is 0 Å². The monoisotopic (exact) mass is 367 g/mol. The van der Waals surface area contributed by atoms with E-state index in [1.54, 1.807) is 24.3 Å². The van der Waals surface area contributed by atoms with Crippen LogP contribution in [0.3, 0.4) is 0 Å². The van der Waals surface area contributed by atoms with E-state index < -0.39 is 20.4 Å². The number of aromatic nitrogens is 2. The van der Waals surface area contributed by atoms with Crippen molar-refractivity contribution in [3.8, 4) is 22.3 Å². The van der Waals surface area contributed by atoms with Crippen LogP contribution in [0.15, 0.2) is 45.4 Å². The first-order valence-corrected chi connectivity index (χ1v) is 9.08. The number of ether oxygens (including phenoxy) is 1. The Balaban J connectivity index is 1.90. The molecule has 0 saturated heterocycles. The maximum atomic E-state index is 11.6. The van der Waals surface area contributed by atoms with Crippen LogP contribution in [0.4, 0.5) is 5.69 Å². The quantitative estimate of drug-likeness (QED) is 0.498. The van der Waals surface area contributed by atoms with Gasteiger partial charge in [-0.1, -0.05) is 11.3 Å². The van der Waals surface area contributed by atoms with Gasteiger partial charge in [0.2, 0.25) is 12.3 Å². The summed E-state index contributed by atoms with van der Waals surface area (Å²) in [6, 6.07) is 7.38. The zero-order valence-corrected chi connectivity index (χ0v) is 13.7. The third-order valence-corrected chi connectivity index (χ3v) is 5.69. The van der Waals surface area contributed by atoms with Crippen molar-refractivity contribution in [2.24, 2.45) is 0 Å². The Labute approximate surface area is 139 Å². The summed E-state index contributed by atoms with van der Waals surface area (Å²) < 4.78 is 33.5. The summed E-state index contributed by atoms with van der Waals surface area (Å²) in [5, 5.41) is 18.3. The van der Waals surface area contributed by atoms with Gasteiger partial charge >= 0.3 is 5.69 Å². The normalized spacial score (nSPS) is 11.4. The first-order valence-electron chi connectivity index (χ1n) is 6.37. The fourth-order valence-corrected chi connectivity index (χ4v) is 3.69. The summed E-state index contributed by atoms with van der Waals surface area (Å²) in [4.78, 5) is 10.4. The van der Waals surface area contributed by atoms with Crippen LogP contribution < -0.4 is 4.74 Å². The molecule has 0 atom stereocenters. The van der Waals surface area contributed by atoms with Crippen molar-refractivity contribution in [3.63, 3.8) is 0 Å². The lowest BCUT2D eigenvalue weighted by Crippen LogP contribution is -1.92. The van der Waals surface area contributed by atoms with Crippen molar-refractivity contribution in [3.05, 3.63) is 46.8 Å². The molecule has 0 unspecified atom stereocenters. The van der Waals surface area contributed by atoms with Crippen LogP contribution in [-0.2, 0) is 9.84 Å². The van der Waals surface area contributed by atoms with Gasteiger partial charge in [-0.15, -0.1) is 10.2 Å². The van der Waals surface area contributed by atoms with Gasteiger partial charge in [0.15, 0.2) is 9.84 Å². The van der Waals surface area contributed by atoms with E-state index in [1.165, 1.54) is 6.39 Å². The minimum absolute atomic E-state index is 0.106. The molecule has 1 aromatic carbocycles. The standard InChI is InChI=1S/C13H9N3O6S2/c1-24(19,20)11-6-10(16(17)18)13(23-11)22-9-4-2-8(3-5-9)12-15-14-7-21-12/h2-7H,1H3. The van der Waals surface area contributed by atoms with Crippen molar-refractivity contribution >= 4 is 26.9 Å². The molecule has 2 aromatic heterocycles. The minimum atomic E-state index is -3.56. The van der Waals surface area contributed by atoms with Gasteiger partial charge in [0.25, 0.3) is 5.06 Å². The predicted molar refractivity (Wildman–Crippen MR) is 83.9 cm³/mol. The molecule has 0 amide bonds. The van der Waals surface area contributed by atoms with Gasteiger partial charge in [0, 0.05) is 17.9 Å². The van der Waals surface area contributed by atoms with Gasteiger partial charge in [-0.2, -0.15) is 0 Å². The van der Waals surface area contributed by atoms with Crippen molar-refractivity contribution < 1.29 is 22.5 Å². The zero-order valence-electron chi connectivity index (χ0n) is 12.1. The Hall–Kier alpha value is -2.79. The van der Waals surface area contributed by atoms with Gasteiger partial charge in [0.1, 0.15) is 9.96 Å². The first-order chi connectivity index (χ1) is 11.3. The molecule has 2 heterocycles. The van der Waals surface area contributed by atoms with Crippen molar-refractivity contribution in [1.82, 2.24) is 10.2 Å². The largest absolute Gasteiger partial charge is 0.440 e. The lowest BCUT2D eigenvalue weighted by molar-refractivity contribution is -0.385. The second-order valence-corrected chi connectivity index (χ2v) is 7.90. The van der Waals surface area contributed by atoms with Crippen molar-refractivity contribution in [1.29, 1.82) is 0 Å². The number of hydrogen-bond acceptors (Lipinski definition) is 9. The Morgan fingerprint density at radius 2 is 2.00 bits per heavy atom. The highest BCUT2D eigenvalue weighted by Gasteiger charge is 2.25. The summed E-state index contributed by atoms with van der Waals surface area (Å²) in [6.45, 7) is 0. The van der Waals surface area contributed by atoms with Crippen molar-refractivity contribution in [2.75, 3.05) is 6.26 Å². The van der Waals surface area contributed by atoms with Crippen LogP contribution in [0.25, 0.3) is 11.5 Å². The van der Waals surface area contributed by atoms with E-state index >= 15 is 0 Å². The van der Waals surface area contributed by atoms with Crippen molar-refractivity contribution in [2.45, 2.75) is 4.21 Å². The Kier molecular flexibility index (Phi) is 4.03. The maximum Gasteiger partial charge on any atom is 0.324 e. The van der Waals surface area contributed by atoms with Gasteiger partial charge in [-0.05, 0) is 24.3 Å². The Bertz CT molecular complexity index is 977. The fraction of sp³-hybridized carbons (Fsp3) is 0.0769. The number of nitrogens with zero attached hydrogens (tertiary/aromatic N) is 3. The molecule has 0 bridgehead atoms. The van der Waals surface area contributed by atoms with E-state index in [4.69, 9.17) is 9.15 Å². The highest BCUT2D eigenvalue weighted by atomic mass is 32.2. The predicted octanol–water partition coefficient (Wildman–Crippen LogP) is 2.90. The molecule has 0 spiro atoms. The lowest BCUT2D eigenvalue weighted by Gasteiger charge is -2.03. The Morgan fingerprint density at radius 3 is 2.54 bits per heavy atom. The SMILES string of the molecule is CS(=O)(=O)c1cc([N+](=O)[O-])c(Oc2ccc(-c3nnco3)cc2)s1. The minimum Gasteiger partial charge on any atom is -0.440 e. The molecule has 0 aliphatic heterocycles. The van der Waals surface area contributed by atoms with Crippen LogP contribution in [0, 0.1) is 10.1 Å². The summed E-state index contributed by atoms with van der Waals surface area (Å²) in [6.07, 6.45) is 2.17. The summed E-state index contributed by atoms with van der Waals surface area (Å²) >= 11 is 0.699. The smallest absolute Gasteiger partial charge is 0.324 e. The molecule has 3 aromatic rings. The molecule has 0 saturated carbocycles. The van der Waals surface area contributed by atoms with E-state index in [0.29, 0.717) is 28.5 Å². The topological polar surface area (TPSA) is 125 Å². The third kappa shape index (κ3) is 3.26. The zero-order chi connectivity index (χ0) is 17.3. The number of thiophene rings is 1. The second kappa shape index (κ2) is 6.02. The van der Waals surface area contributed by atoms with Gasteiger partial charge in [-0.3, -0.25) is 10.1 Å². The molecular formula is C13H9N3O6S2. The highest BCUT2D eigenvalue weighted by molar-refractivity contribution is 7.92. The van der Waals surface area contributed by atoms with Gasteiger partial charge < -0.3 is 9.15 Å². The average molecular weight is 367 g/mol. The molecule has 0 aliphatic rings. The number of nitro groups is 1. The fourth-order valence-electron chi connectivity index (χ4n) is 1.80. The third-order valence-electron chi connectivity index (χ3n) is 2.89. The molecule has 0 radical (unpaired) electrons. The molecule has 9 nitrogen and oxygen atoms in total. The van der Waals surface area contributed by atoms with Gasteiger partial charge in [0.05, 0.1) is 4.92 Å². The van der Waals surface area contributed by atoms with Crippen LogP contribution in [0.5, 0.6) is 10.8 Å². The highest BCUT2D eigenvalue weighted by Crippen LogP contribution is 2.41. The Morgan fingerprint density at radius 1 is 1.29 bits per heavy atom. The lowest BCUT2D eigenvalue weighted by atomic mass is 10.2. The molecule has 3 rings (SSSR count). The van der Waals surface area contributed by atoms with E-state index in [0.717, 1.165) is 12.3 Å². The first kappa shape index (κ1) is 16.1. The molecular weight excluding hydrogens is 358 g/mol. The molecule has 11 heteroatoms. The van der Waals surface area contributed by atoms with E-state index in [1.807, 2.05) is 0 Å². The summed E-state index contributed by atoms with van der Waals surface area (Å²) in [5.74, 6) is 0.631. The number of rotatable bonds is 5. The number of sulfone groups is 1. The molecule has 24 heavy (non-hydrogen) atoms. The molecule has 0 aliphatic carbocycles. The van der Waals surface area contributed by atoms with Gasteiger partial charge in [-0.25, -0.2) is 8.42 Å². The maximum absolute atomic E-state index is 11.6. The van der Waals surface area contributed by atoms with E-state index in [-0.39, 0.29) is 9.27 Å². The summed E-state index contributed by atoms with van der Waals surface area (Å²) in [5.41, 5.74) is 0.249. The van der Waals surface area contributed by atoms with E-state index in [2.05, 4.69) is 10.2 Å². The molecule has 0 N–H and O–H groups in total. The number of hydrogen-bond donors (Lipinski definition) is 0. The van der Waals surface area contributed by atoms with E-state index in [9.17, 15) is 18.5 Å². The van der Waals surface area contributed by atoms with Crippen LogP contribution >= 0.6 is 11.3 Å². The summed E-state index contributed by atoms with van der Waals surface area (Å²) in [7, 11) is -3.56. The molecule has 124 valence electrons. The second-order valence-electron chi connectivity index (χ2n) is 4.64.